The first-order valence-electron chi connectivity index (χ1n) is 7.22. The number of likely N-dealkylation sites (tertiary alicyclic amines) is 1. The molecule has 1 unspecified atom stereocenters. The van der Waals surface area contributed by atoms with Crippen LogP contribution in [-0.2, 0) is 0 Å². The molecule has 2 aliphatic rings. The Balaban J connectivity index is 1.80. The molecule has 0 aromatic heterocycles. The van der Waals surface area contributed by atoms with E-state index in [0.29, 0.717) is 12.5 Å². The minimum Gasteiger partial charge on any atom is -0.297 e. The smallest absolute Gasteiger partial charge is 0.261 e. The summed E-state index contributed by atoms with van der Waals surface area (Å²) in [5.74, 6) is -1.92. The molecule has 20 heavy (non-hydrogen) atoms. The molecular weight excluding hydrogens is 324 g/mol. The third-order valence-corrected chi connectivity index (χ3v) is 5.45. The van der Waals surface area contributed by atoms with Crippen LogP contribution in [-0.4, -0.2) is 30.5 Å². The second kappa shape index (κ2) is 6.52. The van der Waals surface area contributed by atoms with Crippen molar-refractivity contribution < 1.29 is 8.78 Å². The molecular formula is C16H22BrF2N. The van der Waals surface area contributed by atoms with Crippen LogP contribution >= 0.6 is 15.9 Å². The summed E-state index contributed by atoms with van der Waals surface area (Å²) in [7, 11) is 0. The first kappa shape index (κ1) is 15.9. The van der Waals surface area contributed by atoms with Crippen LogP contribution in [0.25, 0.3) is 0 Å². The Hall–Kier alpha value is -0.480. The molecule has 1 saturated heterocycles. The Labute approximate surface area is 128 Å². The van der Waals surface area contributed by atoms with Crippen LogP contribution in [0.2, 0.25) is 0 Å². The van der Waals surface area contributed by atoms with E-state index in [1.165, 1.54) is 15.6 Å². The third kappa shape index (κ3) is 4.01. The van der Waals surface area contributed by atoms with Crippen molar-refractivity contribution in [2.45, 2.75) is 39.0 Å². The van der Waals surface area contributed by atoms with Gasteiger partial charge in [-0.3, -0.25) is 4.90 Å². The number of hydrogen-bond donors (Lipinski definition) is 0. The third-order valence-electron chi connectivity index (χ3n) is 4.07. The zero-order chi connectivity index (χ0) is 14.8. The van der Waals surface area contributed by atoms with E-state index < -0.39 is 5.92 Å². The number of hydrogen-bond acceptors (Lipinski definition) is 1. The molecule has 1 fully saturated rings. The van der Waals surface area contributed by atoms with E-state index in [-0.39, 0.29) is 13.0 Å². The van der Waals surface area contributed by atoms with Crippen LogP contribution in [0.15, 0.2) is 33.9 Å². The van der Waals surface area contributed by atoms with Crippen molar-refractivity contribution in [2.75, 3.05) is 19.6 Å². The summed E-state index contributed by atoms with van der Waals surface area (Å²) >= 11 is 3.65. The van der Waals surface area contributed by atoms with Gasteiger partial charge >= 0.3 is 0 Å². The Morgan fingerprint density at radius 1 is 1.50 bits per heavy atom. The minimum atomic E-state index is -2.48. The summed E-state index contributed by atoms with van der Waals surface area (Å²) in [6.07, 6.45) is 8.36. The van der Waals surface area contributed by atoms with E-state index in [4.69, 9.17) is 0 Å². The average molecular weight is 346 g/mol. The molecule has 2 rings (SSSR count). The molecule has 112 valence electrons. The second-order valence-corrected chi connectivity index (χ2v) is 6.70. The van der Waals surface area contributed by atoms with Crippen molar-refractivity contribution in [3.63, 3.8) is 0 Å². The Kier molecular flexibility index (Phi) is 5.19. The number of halogens is 3. The molecule has 1 nitrogen and oxygen atoms in total. The van der Waals surface area contributed by atoms with Crippen LogP contribution < -0.4 is 0 Å². The van der Waals surface area contributed by atoms with Crippen LogP contribution in [0.3, 0.4) is 0 Å². The fourth-order valence-corrected chi connectivity index (χ4v) is 3.14. The van der Waals surface area contributed by atoms with Gasteiger partial charge in [0.2, 0.25) is 0 Å². The summed E-state index contributed by atoms with van der Waals surface area (Å²) in [5, 5.41) is 0. The highest BCUT2D eigenvalue weighted by Crippen LogP contribution is 2.34. The van der Waals surface area contributed by atoms with Gasteiger partial charge in [0.15, 0.2) is 0 Å². The maximum Gasteiger partial charge on any atom is 0.261 e. The van der Waals surface area contributed by atoms with Crippen molar-refractivity contribution in [3.8, 4) is 0 Å². The Morgan fingerprint density at radius 3 is 2.90 bits per heavy atom. The van der Waals surface area contributed by atoms with Crippen molar-refractivity contribution in [3.05, 3.63) is 33.9 Å². The van der Waals surface area contributed by atoms with Gasteiger partial charge in [0.25, 0.3) is 5.92 Å². The van der Waals surface area contributed by atoms with Gasteiger partial charge in [0.05, 0.1) is 6.54 Å². The minimum absolute atomic E-state index is 0.00848. The molecule has 0 radical (unpaired) electrons. The molecule has 0 aromatic carbocycles. The van der Waals surface area contributed by atoms with E-state index in [0.717, 1.165) is 19.4 Å². The number of nitrogens with zero attached hydrogens (tertiary/aromatic N) is 1. The predicted molar refractivity (Wildman–Crippen MR) is 83.3 cm³/mol. The fraction of sp³-hybridized carbons (Fsp3) is 0.625. The summed E-state index contributed by atoms with van der Waals surface area (Å²) in [5.41, 5.74) is 2.54. The average Bonchev–Trinajstić information content (AvgIpc) is 2.74. The normalized spacial score (nSPS) is 27.4. The van der Waals surface area contributed by atoms with Gasteiger partial charge in [-0.05, 0) is 36.8 Å². The lowest BCUT2D eigenvalue weighted by Gasteiger charge is -2.19. The van der Waals surface area contributed by atoms with Gasteiger partial charge in [-0.1, -0.05) is 41.1 Å². The lowest BCUT2D eigenvalue weighted by atomic mass is 9.92. The number of allylic oxidation sites excluding steroid dienone is 5. The summed E-state index contributed by atoms with van der Waals surface area (Å²) < 4.78 is 27.4. The predicted octanol–water partition coefficient (Wildman–Crippen LogP) is 4.91. The van der Waals surface area contributed by atoms with E-state index in [2.05, 4.69) is 48.0 Å². The molecule has 1 aliphatic carbocycles. The Bertz CT molecular complexity index is 451. The maximum atomic E-state index is 13.0. The summed E-state index contributed by atoms with van der Waals surface area (Å²) in [6.45, 7) is 5.49. The lowest BCUT2D eigenvalue weighted by Crippen LogP contribution is -2.25. The van der Waals surface area contributed by atoms with Crippen molar-refractivity contribution >= 4 is 15.9 Å². The molecule has 1 aliphatic heterocycles. The van der Waals surface area contributed by atoms with Crippen LogP contribution in [0.1, 0.15) is 33.1 Å². The largest absolute Gasteiger partial charge is 0.297 e. The topological polar surface area (TPSA) is 3.24 Å². The number of alkyl halides is 2. The van der Waals surface area contributed by atoms with Gasteiger partial charge in [-0.25, -0.2) is 8.78 Å². The Morgan fingerprint density at radius 2 is 2.25 bits per heavy atom. The van der Waals surface area contributed by atoms with Crippen molar-refractivity contribution in [2.24, 2.45) is 5.92 Å². The maximum absolute atomic E-state index is 13.0. The van der Waals surface area contributed by atoms with E-state index in [9.17, 15) is 8.78 Å². The first-order valence-corrected chi connectivity index (χ1v) is 8.02. The lowest BCUT2D eigenvalue weighted by molar-refractivity contribution is 0.0124. The van der Waals surface area contributed by atoms with Gasteiger partial charge in [0, 0.05) is 24.0 Å². The summed E-state index contributed by atoms with van der Waals surface area (Å²) in [6, 6.07) is 0. The van der Waals surface area contributed by atoms with E-state index in [1.54, 1.807) is 0 Å². The number of rotatable bonds is 4. The van der Waals surface area contributed by atoms with Crippen LogP contribution in [0, 0.1) is 5.92 Å². The van der Waals surface area contributed by atoms with E-state index >= 15 is 0 Å². The molecule has 1 heterocycles. The van der Waals surface area contributed by atoms with Crippen molar-refractivity contribution in [1.82, 2.24) is 4.90 Å². The van der Waals surface area contributed by atoms with Crippen molar-refractivity contribution in [1.29, 1.82) is 0 Å². The van der Waals surface area contributed by atoms with Crippen LogP contribution in [0.5, 0.6) is 0 Å². The standard InChI is InChI=1S/C16H22BrF2N/c1-12-6-7-14(13(2)15(12)17)5-3-4-9-20-10-8-16(18,19)11-20/h3,5,7,12H,4,6,8-11H2,1-2H3/b5-3+. The SMILES string of the molecule is CC1=C(Br)C(C)CC=C1/C=C/CCN1CCC(F)(F)C1. The second-order valence-electron chi connectivity index (χ2n) is 5.84. The van der Waals surface area contributed by atoms with Gasteiger partial charge in [0.1, 0.15) is 0 Å². The van der Waals surface area contributed by atoms with Gasteiger partial charge in [-0.15, -0.1) is 0 Å². The highest BCUT2D eigenvalue weighted by Gasteiger charge is 2.37. The molecule has 0 amide bonds. The van der Waals surface area contributed by atoms with Gasteiger partial charge in [-0.2, -0.15) is 0 Å². The monoisotopic (exact) mass is 345 g/mol. The zero-order valence-corrected chi connectivity index (χ0v) is 13.7. The molecule has 0 spiro atoms. The van der Waals surface area contributed by atoms with E-state index in [1.807, 2.05) is 4.90 Å². The molecule has 4 heteroatoms. The first-order chi connectivity index (χ1) is 9.39. The molecule has 1 atom stereocenters. The fourth-order valence-electron chi connectivity index (χ4n) is 2.73. The molecule has 0 aromatic rings. The molecule has 0 bridgehead atoms. The van der Waals surface area contributed by atoms with Gasteiger partial charge < -0.3 is 0 Å². The highest BCUT2D eigenvalue weighted by molar-refractivity contribution is 9.11. The zero-order valence-electron chi connectivity index (χ0n) is 12.1. The highest BCUT2D eigenvalue weighted by atomic mass is 79.9. The summed E-state index contributed by atoms with van der Waals surface area (Å²) in [4.78, 5) is 1.85. The molecule has 0 N–H and O–H groups in total. The molecule has 0 saturated carbocycles. The quantitative estimate of drug-likeness (QED) is 0.699. The van der Waals surface area contributed by atoms with Crippen LogP contribution in [0.4, 0.5) is 8.78 Å².